The van der Waals surface area contributed by atoms with Gasteiger partial charge in [0.2, 0.25) is 0 Å². The van der Waals surface area contributed by atoms with Gasteiger partial charge >= 0.3 is 0 Å². The van der Waals surface area contributed by atoms with Crippen LogP contribution < -0.4 is 5.32 Å². The van der Waals surface area contributed by atoms with Crippen LogP contribution in [0.3, 0.4) is 0 Å². The van der Waals surface area contributed by atoms with Crippen LogP contribution in [0.1, 0.15) is 11.1 Å². The molecule has 110 valence electrons. The van der Waals surface area contributed by atoms with Gasteiger partial charge in [-0.05, 0) is 43.2 Å². The molecule has 3 nitrogen and oxygen atoms in total. The summed E-state index contributed by atoms with van der Waals surface area (Å²) in [6.07, 6.45) is 0.959. The van der Waals surface area contributed by atoms with Gasteiger partial charge in [-0.25, -0.2) is 9.07 Å². The zero-order valence-corrected chi connectivity index (χ0v) is 12.3. The Hall–Kier alpha value is -2.62. The topological polar surface area (TPSA) is 29.9 Å². The zero-order chi connectivity index (χ0) is 15.1. The van der Waals surface area contributed by atoms with E-state index >= 15 is 0 Å². The Labute approximate surface area is 128 Å². The molecule has 1 aliphatic heterocycles. The molecule has 4 rings (SSSR count). The van der Waals surface area contributed by atoms with E-state index < -0.39 is 0 Å². The van der Waals surface area contributed by atoms with Crippen molar-refractivity contribution in [3.63, 3.8) is 0 Å². The minimum Gasteiger partial charge on any atom is -0.369 e. The zero-order valence-electron chi connectivity index (χ0n) is 12.3. The van der Waals surface area contributed by atoms with E-state index in [9.17, 15) is 4.39 Å². The van der Waals surface area contributed by atoms with Crippen LogP contribution in [-0.2, 0) is 6.42 Å². The van der Waals surface area contributed by atoms with E-state index in [1.807, 2.05) is 16.8 Å². The number of nitrogens with zero attached hydrogens (tertiary/aromatic N) is 2. The summed E-state index contributed by atoms with van der Waals surface area (Å²) in [6, 6.07) is 14.7. The van der Waals surface area contributed by atoms with Crippen molar-refractivity contribution in [2.45, 2.75) is 13.3 Å². The van der Waals surface area contributed by atoms with Crippen molar-refractivity contribution < 1.29 is 4.39 Å². The summed E-state index contributed by atoms with van der Waals surface area (Å²) < 4.78 is 15.0. The Kier molecular flexibility index (Phi) is 2.96. The van der Waals surface area contributed by atoms with Crippen LogP contribution in [0.2, 0.25) is 0 Å². The lowest BCUT2D eigenvalue weighted by Crippen LogP contribution is -2.04. The quantitative estimate of drug-likeness (QED) is 0.775. The van der Waals surface area contributed by atoms with E-state index in [2.05, 4.69) is 24.4 Å². The highest BCUT2D eigenvalue weighted by Crippen LogP contribution is 2.35. The van der Waals surface area contributed by atoms with Gasteiger partial charge in [-0.15, -0.1) is 0 Å². The number of anilines is 1. The highest BCUT2D eigenvalue weighted by molar-refractivity contribution is 5.74. The third-order valence-electron chi connectivity index (χ3n) is 4.12. The van der Waals surface area contributed by atoms with Crippen molar-refractivity contribution in [2.24, 2.45) is 0 Å². The van der Waals surface area contributed by atoms with Gasteiger partial charge in [0.15, 0.2) is 0 Å². The van der Waals surface area contributed by atoms with Crippen LogP contribution in [-0.4, -0.2) is 16.3 Å². The third kappa shape index (κ3) is 1.99. The first kappa shape index (κ1) is 13.1. The predicted octanol–water partition coefficient (Wildman–Crippen LogP) is 3.95. The summed E-state index contributed by atoms with van der Waals surface area (Å²) in [4.78, 5) is 0. The second kappa shape index (κ2) is 4.98. The smallest absolute Gasteiger partial charge is 0.133 e. The molecule has 0 unspecified atom stereocenters. The molecule has 0 aliphatic carbocycles. The molecular formula is C18H16FN3. The van der Waals surface area contributed by atoms with E-state index in [0.29, 0.717) is 0 Å². The standard InChI is InChI=1S/C18H16FN3/c1-12-4-2-3-5-15(12)17-16-10-11-20-18(16)22(21-17)14-8-6-13(19)7-9-14/h2-9,20H,10-11H2,1H3. The van der Waals surface area contributed by atoms with Gasteiger partial charge in [-0.2, -0.15) is 5.10 Å². The van der Waals surface area contributed by atoms with Gasteiger partial charge in [-0.1, -0.05) is 24.3 Å². The van der Waals surface area contributed by atoms with E-state index in [0.717, 1.165) is 35.7 Å². The van der Waals surface area contributed by atoms with Gasteiger partial charge in [0, 0.05) is 17.7 Å². The number of benzene rings is 2. The van der Waals surface area contributed by atoms with Crippen LogP contribution in [0.25, 0.3) is 16.9 Å². The van der Waals surface area contributed by atoms with Gasteiger partial charge in [-0.3, -0.25) is 0 Å². The van der Waals surface area contributed by atoms with Crippen molar-refractivity contribution in [1.82, 2.24) is 9.78 Å². The fourth-order valence-electron chi connectivity index (χ4n) is 3.00. The molecule has 0 saturated heterocycles. The van der Waals surface area contributed by atoms with Crippen molar-refractivity contribution >= 4 is 5.82 Å². The van der Waals surface area contributed by atoms with E-state index in [-0.39, 0.29) is 5.82 Å². The van der Waals surface area contributed by atoms with E-state index in [4.69, 9.17) is 5.10 Å². The highest BCUT2D eigenvalue weighted by Gasteiger charge is 2.24. The largest absolute Gasteiger partial charge is 0.369 e. The molecule has 0 bridgehead atoms. The molecule has 4 heteroatoms. The third-order valence-corrected chi connectivity index (χ3v) is 4.12. The summed E-state index contributed by atoms with van der Waals surface area (Å²) in [7, 11) is 0. The molecule has 1 aromatic heterocycles. The Bertz CT molecular complexity index is 834. The Morgan fingerprint density at radius 2 is 1.86 bits per heavy atom. The molecule has 0 spiro atoms. The van der Waals surface area contributed by atoms with Crippen LogP contribution in [0.15, 0.2) is 48.5 Å². The highest BCUT2D eigenvalue weighted by atomic mass is 19.1. The molecule has 1 N–H and O–H groups in total. The second-order valence-electron chi connectivity index (χ2n) is 5.56. The Balaban J connectivity index is 1.90. The molecule has 2 heterocycles. The molecule has 2 aromatic carbocycles. The lowest BCUT2D eigenvalue weighted by Gasteiger charge is -2.06. The van der Waals surface area contributed by atoms with Gasteiger partial charge < -0.3 is 5.32 Å². The Morgan fingerprint density at radius 3 is 2.64 bits per heavy atom. The number of aryl methyl sites for hydroxylation is 1. The van der Waals surface area contributed by atoms with Crippen LogP contribution in [0.4, 0.5) is 10.2 Å². The van der Waals surface area contributed by atoms with E-state index in [1.54, 1.807) is 12.1 Å². The van der Waals surface area contributed by atoms with Gasteiger partial charge in [0.1, 0.15) is 11.6 Å². The summed E-state index contributed by atoms with van der Waals surface area (Å²) in [6.45, 7) is 3.01. The number of nitrogens with one attached hydrogen (secondary N) is 1. The summed E-state index contributed by atoms with van der Waals surface area (Å²) >= 11 is 0. The molecular weight excluding hydrogens is 277 g/mol. The first-order chi connectivity index (χ1) is 10.7. The Morgan fingerprint density at radius 1 is 1.09 bits per heavy atom. The number of hydrogen-bond donors (Lipinski definition) is 1. The minimum atomic E-state index is -0.236. The maximum Gasteiger partial charge on any atom is 0.133 e. The molecule has 22 heavy (non-hydrogen) atoms. The number of aromatic nitrogens is 2. The fourth-order valence-corrected chi connectivity index (χ4v) is 3.00. The first-order valence-electron chi connectivity index (χ1n) is 7.42. The van der Waals surface area contributed by atoms with Crippen LogP contribution in [0.5, 0.6) is 0 Å². The van der Waals surface area contributed by atoms with Crippen molar-refractivity contribution in [2.75, 3.05) is 11.9 Å². The summed E-state index contributed by atoms with van der Waals surface area (Å²) in [5.41, 5.74) is 5.48. The molecule has 0 fully saturated rings. The fraction of sp³-hybridized carbons (Fsp3) is 0.167. The number of rotatable bonds is 2. The molecule has 1 aliphatic rings. The van der Waals surface area contributed by atoms with Gasteiger partial charge in [0.05, 0.1) is 11.4 Å². The first-order valence-corrected chi connectivity index (χ1v) is 7.42. The van der Waals surface area contributed by atoms with Crippen LogP contribution in [0, 0.1) is 12.7 Å². The van der Waals surface area contributed by atoms with E-state index in [1.165, 1.54) is 23.3 Å². The molecule has 0 amide bonds. The maximum atomic E-state index is 13.2. The van der Waals surface area contributed by atoms with Crippen LogP contribution >= 0.6 is 0 Å². The van der Waals surface area contributed by atoms with Crippen molar-refractivity contribution in [3.05, 3.63) is 65.5 Å². The normalized spacial score (nSPS) is 13.0. The monoisotopic (exact) mass is 293 g/mol. The second-order valence-corrected chi connectivity index (χ2v) is 5.56. The van der Waals surface area contributed by atoms with Crippen molar-refractivity contribution in [1.29, 1.82) is 0 Å². The number of hydrogen-bond acceptors (Lipinski definition) is 2. The lowest BCUT2D eigenvalue weighted by molar-refractivity contribution is 0.627. The summed E-state index contributed by atoms with van der Waals surface area (Å²) in [5.74, 6) is 0.782. The number of fused-ring (bicyclic) bond motifs is 1. The lowest BCUT2D eigenvalue weighted by atomic mass is 10.0. The molecule has 3 aromatic rings. The summed E-state index contributed by atoms with van der Waals surface area (Å²) in [5, 5.41) is 8.19. The predicted molar refractivity (Wildman–Crippen MR) is 85.9 cm³/mol. The molecule has 0 atom stereocenters. The number of halogens is 1. The molecule has 0 radical (unpaired) electrons. The average molecular weight is 293 g/mol. The maximum absolute atomic E-state index is 13.2. The van der Waals surface area contributed by atoms with Gasteiger partial charge in [0.25, 0.3) is 0 Å². The minimum absolute atomic E-state index is 0.236. The molecule has 0 saturated carbocycles. The average Bonchev–Trinajstić information content (AvgIpc) is 3.11. The SMILES string of the molecule is Cc1ccccc1-c1nn(-c2ccc(F)cc2)c2c1CCN2. The van der Waals surface area contributed by atoms with Crippen molar-refractivity contribution in [3.8, 4) is 16.9 Å².